The molecule has 3 aliphatic carbocycles. The number of rotatable bonds is 16. The highest BCUT2D eigenvalue weighted by Crippen LogP contribution is 2.65. The average molecular weight is 715 g/mol. The van der Waals surface area contributed by atoms with E-state index >= 15 is 0 Å². The van der Waals surface area contributed by atoms with Crippen molar-refractivity contribution in [3.05, 3.63) is 12.7 Å². The third-order valence-electron chi connectivity index (χ3n) is 11.8. The van der Waals surface area contributed by atoms with E-state index in [1.807, 2.05) is 34.6 Å². The molecule has 6 amide bonds. The minimum absolute atomic E-state index is 0.0423. The Balaban J connectivity index is 1.53. The second kappa shape index (κ2) is 16.4. The molecule has 1 heterocycles. The van der Waals surface area contributed by atoms with Crippen LogP contribution in [0.1, 0.15) is 106 Å². The first-order valence-corrected chi connectivity index (χ1v) is 19.0. The normalized spacial score (nSPS) is 24.8. The maximum Gasteiger partial charge on any atom is 0.407 e. The molecule has 3 saturated carbocycles. The minimum atomic E-state index is -1.03. The molecule has 5 N–H and O–H groups in total. The maximum absolute atomic E-state index is 14.8. The number of amides is 6. The van der Waals surface area contributed by atoms with Crippen molar-refractivity contribution in [2.45, 2.75) is 130 Å². The van der Waals surface area contributed by atoms with Crippen molar-refractivity contribution >= 4 is 35.6 Å². The number of fused-ring (bicyclic) bond motifs is 1. The quantitative estimate of drug-likeness (QED) is 0.119. The van der Waals surface area contributed by atoms with Crippen LogP contribution in [0.4, 0.5) is 9.59 Å². The van der Waals surface area contributed by atoms with Crippen molar-refractivity contribution in [3.63, 3.8) is 0 Å². The van der Waals surface area contributed by atoms with Gasteiger partial charge in [0.15, 0.2) is 0 Å². The van der Waals surface area contributed by atoms with Crippen LogP contribution in [0.3, 0.4) is 0 Å². The van der Waals surface area contributed by atoms with Crippen LogP contribution in [0.2, 0.25) is 0 Å². The molecule has 13 heteroatoms. The number of Topliss-reactive ketones (excluding diaryl/α,β-unsaturated/α-hetero) is 1. The Bertz CT molecular complexity index is 1330. The topological polar surface area (TPSA) is 175 Å². The van der Waals surface area contributed by atoms with Gasteiger partial charge in [-0.1, -0.05) is 80.2 Å². The van der Waals surface area contributed by atoms with Gasteiger partial charge in [0.2, 0.25) is 17.6 Å². The first-order chi connectivity index (χ1) is 23.9. The SMILES string of the molecule is C=CCNC(=O)C(=O)C(CCC)NC(=O)[C@@H]1[C@@H]2[C@H](CN1C(=O)[C@@H](NC(=O)N[C@H](COC(=O)NCC1CC1)C(C)(C)C)C1(C)CCCCC1)C2(C)C. The fraction of sp³-hybridized carbons (Fsp3) is 0.789. The molecule has 0 aromatic carbocycles. The molecule has 0 radical (unpaired) electrons. The van der Waals surface area contributed by atoms with Crippen molar-refractivity contribution in [2.75, 3.05) is 26.2 Å². The highest BCUT2D eigenvalue weighted by molar-refractivity contribution is 6.38. The molecule has 13 nitrogen and oxygen atoms in total. The number of ether oxygens (including phenoxy) is 1. The summed E-state index contributed by atoms with van der Waals surface area (Å²) < 4.78 is 5.49. The van der Waals surface area contributed by atoms with Crippen molar-refractivity contribution in [1.29, 1.82) is 0 Å². The molecule has 51 heavy (non-hydrogen) atoms. The molecule has 0 aromatic heterocycles. The molecular formula is C38H62N6O7. The fourth-order valence-corrected chi connectivity index (χ4v) is 7.98. The second-order valence-electron chi connectivity index (χ2n) is 17.2. The summed E-state index contributed by atoms with van der Waals surface area (Å²) in [5.41, 5.74) is -1.22. The van der Waals surface area contributed by atoms with Gasteiger partial charge in [-0.3, -0.25) is 19.2 Å². The van der Waals surface area contributed by atoms with Gasteiger partial charge in [-0.05, 0) is 66.1 Å². The highest BCUT2D eigenvalue weighted by Gasteiger charge is 2.70. The molecule has 6 atom stereocenters. The maximum atomic E-state index is 14.8. The monoisotopic (exact) mass is 714 g/mol. The van der Waals surface area contributed by atoms with E-state index in [-0.39, 0.29) is 42.7 Å². The van der Waals surface area contributed by atoms with Crippen LogP contribution in [0.15, 0.2) is 12.7 Å². The highest BCUT2D eigenvalue weighted by atomic mass is 16.5. The number of carbonyl (C=O) groups excluding carboxylic acids is 6. The van der Waals surface area contributed by atoms with Gasteiger partial charge in [0.25, 0.3) is 5.91 Å². The molecule has 1 aliphatic heterocycles. The largest absolute Gasteiger partial charge is 0.447 e. The molecule has 0 aromatic rings. The molecule has 4 aliphatic rings. The summed E-state index contributed by atoms with van der Waals surface area (Å²) in [5.74, 6) is -1.88. The molecule has 1 unspecified atom stereocenters. The number of hydrogen-bond donors (Lipinski definition) is 5. The lowest BCUT2D eigenvalue weighted by atomic mass is 9.70. The van der Waals surface area contributed by atoms with Crippen molar-refractivity contribution < 1.29 is 33.5 Å². The average Bonchev–Trinajstić information content (AvgIpc) is 3.94. The number of nitrogens with one attached hydrogen (secondary N) is 5. The minimum Gasteiger partial charge on any atom is -0.447 e. The zero-order valence-corrected chi connectivity index (χ0v) is 31.8. The number of carbonyl (C=O) groups is 6. The molecule has 286 valence electrons. The van der Waals surface area contributed by atoms with Crippen LogP contribution >= 0.6 is 0 Å². The van der Waals surface area contributed by atoms with Gasteiger partial charge in [-0.15, -0.1) is 6.58 Å². The van der Waals surface area contributed by atoms with Gasteiger partial charge in [-0.25, -0.2) is 9.59 Å². The Hall–Kier alpha value is -3.64. The number of urea groups is 1. The molecule has 0 bridgehead atoms. The van der Waals surface area contributed by atoms with Gasteiger partial charge in [-0.2, -0.15) is 0 Å². The number of ketones is 1. The van der Waals surface area contributed by atoms with Crippen LogP contribution in [0, 0.1) is 34.0 Å². The van der Waals surface area contributed by atoms with E-state index in [0.717, 1.165) is 44.9 Å². The lowest BCUT2D eigenvalue weighted by molar-refractivity contribution is -0.146. The zero-order chi connectivity index (χ0) is 37.7. The number of piperidine rings is 1. The Kier molecular flexibility index (Phi) is 12.9. The summed E-state index contributed by atoms with van der Waals surface area (Å²) >= 11 is 0. The molecular weight excluding hydrogens is 652 g/mol. The molecule has 4 rings (SSSR count). The van der Waals surface area contributed by atoms with E-state index in [1.54, 1.807) is 4.90 Å². The van der Waals surface area contributed by atoms with Gasteiger partial charge >= 0.3 is 12.1 Å². The summed E-state index contributed by atoms with van der Waals surface area (Å²) in [5, 5.41) is 14.1. The first kappa shape index (κ1) is 40.1. The number of hydrogen-bond acceptors (Lipinski definition) is 7. The summed E-state index contributed by atoms with van der Waals surface area (Å²) in [6.45, 7) is 18.4. The third-order valence-corrected chi connectivity index (χ3v) is 11.8. The number of likely N-dealkylation sites (tertiary alicyclic amines) is 1. The lowest BCUT2D eigenvalue weighted by Gasteiger charge is -2.43. The van der Waals surface area contributed by atoms with E-state index < -0.39 is 64.7 Å². The number of nitrogens with zero attached hydrogens (tertiary/aromatic N) is 1. The predicted octanol–water partition coefficient (Wildman–Crippen LogP) is 3.81. The Morgan fingerprint density at radius 2 is 1.63 bits per heavy atom. The summed E-state index contributed by atoms with van der Waals surface area (Å²) in [4.78, 5) is 82.3. The van der Waals surface area contributed by atoms with Gasteiger partial charge in [0.05, 0.1) is 12.1 Å². The zero-order valence-electron chi connectivity index (χ0n) is 31.8. The van der Waals surface area contributed by atoms with Crippen LogP contribution < -0.4 is 26.6 Å². The van der Waals surface area contributed by atoms with E-state index in [1.165, 1.54) is 6.08 Å². The van der Waals surface area contributed by atoms with Crippen LogP contribution in [0.5, 0.6) is 0 Å². The van der Waals surface area contributed by atoms with Crippen molar-refractivity contribution in [2.24, 2.45) is 34.0 Å². The summed E-state index contributed by atoms with van der Waals surface area (Å²) in [6, 6.07) is -3.91. The fourth-order valence-electron chi connectivity index (χ4n) is 7.98. The second-order valence-corrected chi connectivity index (χ2v) is 17.2. The Morgan fingerprint density at radius 3 is 2.22 bits per heavy atom. The smallest absolute Gasteiger partial charge is 0.407 e. The van der Waals surface area contributed by atoms with Gasteiger partial charge < -0.3 is 36.2 Å². The summed E-state index contributed by atoms with van der Waals surface area (Å²) in [6.07, 6.45) is 8.29. The summed E-state index contributed by atoms with van der Waals surface area (Å²) in [7, 11) is 0. The van der Waals surface area contributed by atoms with Gasteiger partial charge in [0, 0.05) is 19.6 Å². The van der Waals surface area contributed by atoms with Crippen LogP contribution in [-0.4, -0.2) is 90.9 Å². The number of alkyl carbamates (subject to hydrolysis) is 1. The van der Waals surface area contributed by atoms with Gasteiger partial charge in [0.1, 0.15) is 18.7 Å². The Labute approximate surface area is 303 Å². The van der Waals surface area contributed by atoms with E-state index in [4.69, 9.17) is 4.74 Å². The van der Waals surface area contributed by atoms with E-state index in [0.29, 0.717) is 25.4 Å². The van der Waals surface area contributed by atoms with Crippen molar-refractivity contribution in [1.82, 2.24) is 31.5 Å². The first-order valence-electron chi connectivity index (χ1n) is 19.0. The molecule has 4 fully saturated rings. The van der Waals surface area contributed by atoms with Crippen molar-refractivity contribution in [3.8, 4) is 0 Å². The lowest BCUT2D eigenvalue weighted by Crippen LogP contribution is -2.63. The molecule has 0 spiro atoms. The van der Waals surface area contributed by atoms with Crippen LogP contribution in [0.25, 0.3) is 0 Å². The van der Waals surface area contributed by atoms with E-state index in [9.17, 15) is 28.8 Å². The standard InChI is InChI=1S/C38H62N6O7/c1-9-14-25(29(45)32(47)39-19-10-2)41-31(46)28-27-24(37(27,6)7)21-44(28)33(48)30(38(8)17-12-11-13-18-38)43-34(49)42-26(36(3,4)5)22-51-35(50)40-20-23-15-16-23/h10,23-28,30H,2,9,11-22H2,1,3-8H3,(H,39,47)(H,40,50)(H,41,46)(H2,42,43,49)/t24-,25?,26+,27-,28-,30+/m0/s1. The predicted molar refractivity (Wildman–Crippen MR) is 193 cm³/mol. The molecule has 1 saturated heterocycles. The Morgan fingerprint density at radius 1 is 0.961 bits per heavy atom. The van der Waals surface area contributed by atoms with E-state index in [2.05, 4.69) is 47.0 Å². The van der Waals surface area contributed by atoms with Crippen LogP contribution in [-0.2, 0) is 23.9 Å². The third kappa shape index (κ3) is 9.83.